The number of amides is 1. The van der Waals surface area contributed by atoms with Crippen molar-refractivity contribution >= 4 is 29.9 Å². The SMILES string of the molecule is Cl.O=C(NCC1(c2ccc(Cl)cc2)CC1)C1COCCN1. The second kappa shape index (κ2) is 6.97. The summed E-state index contributed by atoms with van der Waals surface area (Å²) in [5.74, 6) is 0.0324. The minimum Gasteiger partial charge on any atom is -0.378 e. The number of carbonyl (C=O) groups excluding carboxylic acids is 1. The molecule has 0 spiro atoms. The first-order valence-corrected chi connectivity index (χ1v) is 7.42. The fourth-order valence-electron chi connectivity index (χ4n) is 2.64. The van der Waals surface area contributed by atoms with Crippen molar-refractivity contribution in [3.63, 3.8) is 0 Å². The van der Waals surface area contributed by atoms with E-state index in [1.165, 1.54) is 5.56 Å². The third-order valence-corrected chi connectivity index (χ3v) is 4.40. The lowest BCUT2D eigenvalue weighted by Crippen LogP contribution is -2.52. The minimum absolute atomic E-state index is 0. The molecule has 2 N–H and O–H groups in total. The van der Waals surface area contributed by atoms with Crippen LogP contribution in [0.3, 0.4) is 0 Å². The quantitative estimate of drug-likeness (QED) is 0.886. The van der Waals surface area contributed by atoms with Gasteiger partial charge in [-0.25, -0.2) is 0 Å². The molecule has 4 nitrogen and oxygen atoms in total. The van der Waals surface area contributed by atoms with Crippen LogP contribution in [0.15, 0.2) is 24.3 Å². The molecule has 1 aromatic carbocycles. The number of rotatable bonds is 4. The van der Waals surface area contributed by atoms with Crippen molar-refractivity contribution in [3.8, 4) is 0 Å². The fourth-order valence-corrected chi connectivity index (χ4v) is 2.76. The normalized spacial score (nSPS) is 23.0. The average Bonchev–Trinajstić information content (AvgIpc) is 3.27. The van der Waals surface area contributed by atoms with Crippen LogP contribution in [0.1, 0.15) is 18.4 Å². The van der Waals surface area contributed by atoms with Gasteiger partial charge in [0.15, 0.2) is 0 Å². The van der Waals surface area contributed by atoms with Gasteiger partial charge in [0.1, 0.15) is 6.04 Å². The predicted octanol–water partition coefficient (Wildman–Crippen LogP) is 1.90. The molecule has 1 saturated heterocycles. The van der Waals surface area contributed by atoms with Crippen molar-refractivity contribution in [1.82, 2.24) is 10.6 Å². The van der Waals surface area contributed by atoms with E-state index >= 15 is 0 Å². The number of hydrogen-bond acceptors (Lipinski definition) is 3. The highest BCUT2D eigenvalue weighted by molar-refractivity contribution is 6.30. The van der Waals surface area contributed by atoms with E-state index < -0.39 is 0 Å². The number of nitrogens with one attached hydrogen (secondary N) is 2. The van der Waals surface area contributed by atoms with E-state index in [1.807, 2.05) is 12.1 Å². The highest BCUT2D eigenvalue weighted by Gasteiger charge is 2.44. The van der Waals surface area contributed by atoms with Crippen LogP contribution in [-0.2, 0) is 14.9 Å². The molecule has 1 aliphatic carbocycles. The lowest BCUT2D eigenvalue weighted by Gasteiger charge is -2.24. The molecule has 1 amide bonds. The zero-order valence-electron chi connectivity index (χ0n) is 11.7. The molecule has 6 heteroatoms. The van der Waals surface area contributed by atoms with E-state index in [2.05, 4.69) is 22.8 Å². The maximum atomic E-state index is 12.1. The topological polar surface area (TPSA) is 50.4 Å². The molecule has 21 heavy (non-hydrogen) atoms. The van der Waals surface area contributed by atoms with E-state index in [0.717, 1.165) is 24.4 Å². The number of carbonyl (C=O) groups is 1. The number of halogens is 2. The van der Waals surface area contributed by atoms with Crippen LogP contribution in [0.2, 0.25) is 5.02 Å². The molecule has 2 aliphatic rings. The summed E-state index contributed by atoms with van der Waals surface area (Å²) in [6.45, 7) is 2.56. The summed E-state index contributed by atoms with van der Waals surface area (Å²) in [6.07, 6.45) is 2.23. The van der Waals surface area contributed by atoms with E-state index in [0.29, 0.717) is 19.8 Å². The molecule has 0 bridgehead atoms. The van der Waals surface area contributed by atoms with Crippen LogP contribution in [0.5, 0.6) is 0 Å². The maximum absolute atomic E-state index is 12.1. The largest absolute Gasteiger partial charge is 0.378 e. The smallest absolute Gasteiger partial charge is 0.239 e. The molecule has 0 radical (unpaired) electrons. The summed E-state index contributed by atoms with van der Waals surface area (Å²) in [7, 11) is 0. The maximum Gasteiger partial charge on any atom is 0.239 e. The second-order valence-electron chi connectivity index (χ2n) is 5.59. The van der Waals surface area contributed by atoms with Gasteiger partial charge in [0.2, 0.25) is 5.91 Å². The van der Waals surface area contributed by atoms with Gasteiger partial charge in [-0.15, -0.1) is 12.4 Å². The summed E-state index contributed by atoms with van der Waals surface area (Å²) in [4.78, 5) is 12.1. The molecule has 116 valence electrons. The Morgan fingerprint density at radius 1 is 1.38 bits per heavy atom. The van der Waals surface area contributed by atoms with Gasteiger partial charge in [0.05, 0.1) is 13.2 Å². The number of ether oxygens (including phenoxy) is 1. The standard InChI is InChI=1S/C15H19ClN2O2.ClH/c16-12-3-1-11(2-4-12)15(5-6-15)10-18-14(19)13-9-20-8-7-17-13;/h1-4,13,17H,5-10H2,(H,18,19);1H. The second-order valence-corrected chi connectivity index (χ2v) is 6.02. The molecule has 1 aliphatic heterocycles. The lowest BCUT2D eigenvalue weighted by molar-refractivity contribution is -0.126. The Kier molecular flexibility index (Phi) is 5.49. The molecule has 1 unspecified atom stereocenters. The van der Waals surface area contributed by atoms with Crippen molar-refractivity contribution in [3.05, 3.63) is 34.9 Å². The molecule has 1 aromatic rings. The predicted molar refractivity (Wildman–Crippen MR) is 85.2 cm³/mol. The van der Waals surface area contributed by atoms with Gasteiger partial charge in [-0.2, -0.15) is 0 Å². The fraction of sp³-hybridized carbons (Fsp3) is 0.533. The van der Waals surface area contributed by atoms with Gasteiger partial charge in [0, 0.05) is 23.5 Å². The number of benzene rings is 1. The minimum atomic E-state index is -0.218. The van der Waals surface area contributed by atoms with E-state index in [4.69, 9.17) is 16.3 Å². The van der Waals surface area contributed by atoms with Crippen LogP contribution in [0.25, 0.3) is 0 Å². The highest BCUT2D eigenvalue weighted by Crippen LogP contribution is 2.47. The van der Waals surface area contributed by atoms with Gasteiger partial charge in [0.25, 0.3) is 0 Å². The molecular weight excluding hydrogens is 311 g/mol. The van der Waals surface area contributed by atoms with Crippen LogP contribution < -0.4 is 10.6 Å². The first-order chi connectivity index (χ1) is 9.70. The summed E-state index contributed by atoms with van der Waals surface area (Å²) in [5, 5.41) is 6.97. The number of morpholine rings is 1. The first-order valence-electron chi connectivity index (χ1n) is 7.05. The van der Waals surface area contributed by atoms with Crippen molar-refractivity contribution < 1.29 is 9.53 Å². The Labute approximate surface area is 136 Å². The van der Waals surface area contributed by atoms with Crippen LogP contribution >= 0.6 is 24.0 Å². The summed E-state index contributed by atoms with van der Waals surface area (Å²) >= 11 is 5.92. The van der Waals surface area contributed by atoms with E-state index in [-0.39, 0.29) is 29.8 Å². The van der Waals surface area contributed by atoms with Crippen LogP contribution in [0.4, 0.5) is 0 Å². The monoisotopic (exact) mass is 330 g/mol. The van der Waals surface area contributed by atoms with Gasteiger partial charge in [-0.05, 0) is 30.5 Å². The van der Waals surface area contributed by atoms with Crippen molar-refractivity contribution in [2.24, 2.45) is 0 Å². The zero-order valence-corrected chi connectivity index (χ0v) is 13.3. The van der Waals surface area contributed by atoms with Crippen molar-refractivity contribution in [1.29, 1.82) is 0 Å². The molecule has 1 heterocycles. The third-order valence-electron chi connectivity index (χ3n) is 4.15. The number of hydrogen-bond donors (Lipinski definition) is 2. The van der Waals surface area contributed by atoms with Gasteiger partial charge in [-0.1, -0.05) is 23.7 Å². The highest BCUT2D eigenvalue weighted by atomic mass is 35.5. The van der Waals surface area contributed by atoms with E-state index in [9.17, 15) is 4.79 Å². The Morgan fingerprint density at radius 2 is 2.10 bits per heavy atom. The van der Waals surface area contributed by atoms with Gasteiger partial charge >= 0.3 is 0 Å². The molecule has 1 saturated carbocycles. The van der Waals surface area contributed by atoms with Crippen molar-refractivity contribution in [2.75, 3.05) is 26.3 Å². The molecule has 3 rings (SSSR count). The van der Waals surface area contributed by atoms with Gasteiger partial charge < -0.3 is 15.4 Å². The van der Waals surface area contributed by atoms with Crippen LogP contribution in [0, 0.1) is 0 Å². The molecule has 0 aromatic heterocycles. The summed E-state index contributed by atoms with van der Waals surface area (Å²) in [6, 6.07) is 7.72. The zero-order chi connectivity index (χ0) is 14.0. The Hall–Kier alpha value is -0.810. The first kappa shape index (κ1) is 16.6. The Bertz CT molecular complexity index is 483. The van der Waals surface area contributed by atoms with Crippen LogP contribution in [-0.4, -0.2) is 38.3 Å². The molecule has 1 atom stereocenters. The average molecular weight is 331 g/mol. The van der Waals surface area contributed by atoms with Crippen molar-refractivity contribution in [2.45, 2.75) is 24.3 Å². The Balaban J connectivity index is 0.00000161. The lowest BCUT2D eigenvalue weighted by atomic mass is 9.96. The summed E-state index contributed by atoms with van der Waals surface area (Å²) < 4.78 is 5.31. The van der Waals surface area contributed by atoms with Gasteiger partial charge in [-0.3, -0.25) is 4.79 Å². The van der Waals surface area contributed by atoms with E-state index in [1.54, 1.807) is 0 Å². The Morgan fingerprint density at radius 3 is 2.67 bits per heavy atom. The molecule has 2 fully saturated rings. The summed E-state index contributed by atoms with van der Waals surface area (Å²) in [5.41, 5.74) is 1.37. The third kappa shape index (κ3) is 3.89. The molecular formula is C15H20Cl2N2O2.